The molecule has 0 unspecified atom stereocenters. The maximum Gasteiger partial charge on any atom is 0.338 e. The minimum atomic E-state index is -3.97. The Labute approximate surface area is 193 Å². The third-order valence-corrected chi connectivity index (χ3v) is 7.18. The van der Waals surface area contributed by atoms with Gasteiger partial charge in [0, 0.05) is 16.1 Å². The van der Waals surface area contributed by atoms with Gasteiger partial charge < -0.3 is 9.26 Å². The minimum absolute atomic E-state index is 0.0366. The Morgan fingerprint density at radius 1 is 1.18 bits per heavy atom. The quantitative estimate of drug-likeness (QED) is 0.369. The lowest BCUT2D eigenvalue weighted by molar-refractivity contribution is 0.0526. The average Bonchev–Trinajstić information content (AvgIpc) is 3.41. The third-order valence-electron chi connectivity index (χ3n) is 4.51. The van der Waals surface area contributed by atoms with E-state index < -0.39 is 21.8 Å². The van der Waals surface area contributed by atoms with Crippen molar-refractivity contribution in [2.45, 2.75) is 18.7 Å². The van der Waals surface area contributed by atoms with E-state index in [1.165, 1.54) is 53.8 Å². The summed E-state index contributed by atoms with van der Waals surface area (Å²) in [5.41, 5.74) is 0.892. The molecule has 4 rings (SSSR count). The van der Waals surface area contributed by atoms with E-state index in [9.17, 15) is 17.6 Å². The predicted octanol–water partition coefficient (Wildman–Crippen LogP) is 4.89. The van der Waals surface area contributed by atoms with Gasteiger partial charge >= 0.3 is 5.97 Å². The topological polar surface area (TPSA) is 111 Å². The lowest BCUT2D eigenvalue weighted by Crippen LogP contribution is -2.14. The Hall–Kier alpha value is -3.57. The molecule has 0 amide bonds. The number of anilines is 1. The summed E-state index contributed by atoms with van der Waals surface area (Å²) >= 11 is 1.17. The molecule has 0 atom stereocenters. The first-order chi connectivity index (χ1) is 15.8. The molecular formula is C22H18FN3O5S2. The molecule has 0 aliphatic carbocycles. The molecule has 8 nitrogen and oxygen atoms in total. The van der Waals surface area contributed by atoms with Crippen LogP contribution in [0, 0.1) is 12.7 Å². The van der Waals surface area contributed by atoms with Crippen molar-refractivity contribution >= 4 is 33.0 Å². The largest absolute Gasteiger partial charge is 0.462 e. The summed E-state index contributed by atoms with van der Waals surface area (Å²) in [7, 11) is -3.97. The Kier molecular flexibility index (Phi) is 6.25. The van der Waals surface area contributed by atoms with Gasteiger partial charge in [-0.3, -0.25) is 4.72 Å². The number of hydrogen-bond donors (Lipinski definition) is 1. The highest BCUT2D eigenvalue weighted by Gasteiger charge is 2.23. The number of sulfonamides is 1. The van der Waals surface area contributed by atoms with Crippen LogP contribution in [0.4, 0.5) is 10.1 Å². The van der Waals surface area contributed by atoms with Crippen molar-refractivity contribution in [3.8, 4) is 22.2 Å². The number of hydrogen-bond acceptors (Lipinski definition) is 8. The van der Waals surface area contributed by atoms with Gasteiger partial charge in [-0.2, -0.15) is 4.98 Å². The number of esters is 1. The Morgan fingerprint density at radius 3 is 2.73 bits per heavy atom. The van der Waals surface area contributed by atoms with E-state index in [1.807, 2.05) is 0 Å². The van der Waals surface area contributed by atoms with Crippen molar-refractivity contribution in [3.63, 3.8) is 0 Å². The summed E-state index contributed by atoms with van der Waals surface area (Å²) in [6.45, 7) is 3.55. The van der Waals surface area contributed by atoms with E-state index in [2.05, 4.69) is 14.9 Å². The fourth-order valence-corrected chi connectivity index (χ4v) is 5.60. The maximum atomic E-state index is 13.5. The lowest BCUT2D eigenvalue weighted by Gasteiger charge is -2.09. The second-order valence-corrected chi connectivity index (χ2v) is 9.78. The maximum absolute atomic E-state index is 13.5. The number of ether oxygens (including phenoxy) is 1. The SMILES string of the molecule is CCOC(=O)c1cccc(NS(=O)(=O)c2cc(-c3nc(-c4cccc(F)c4)no3)sc2C)c1. The Bertz CT molecular complexity index is 1430. The molecule has 2 aromatic carbocycles. The van der Waals surface area contributed by atoms with Gasteiger partial charge in [-0.05, 0) is 50.2 Å². The van der Waals surface area contributed by atoms with Crippen LogP contribution in [-0.4, -0.2) is 31.1 Å². The lowest BCUT2D eigenvalue weighted by atomic mass is 10.2. The number of aromatic nitrogens is 2. The van der Waals surface area contributed by atoms with Crippen molar-refractivity contribution in [2.75, 3.05) is 11.3 Å². The molecule has 1 N–H and O–H groups in total. The van der Waals surface area contributed by atoms with E-state index in [1.54, 1.807) is 26.0 Å². The fraction of sp³-hybridized carbons (Fsp3) is 0.136. The molecule has 170 valence electrons. The first-order valence-corrected chi connectivity index (χ1v) is 12.1. The standard InChI is InChI=1S/C22H18FN3O5S2/c1-3-30-22(27)15-7-5-9-17(11-15)26-33(28,29)19-12-18(32-13(19)2)21-24-20(25-31-21)14-6-4-8-16(23)10-14/h4-12,26H,3H2,1-2H3. The normalized spacial score (nSPS) is 11.4. The smallest absolute Gasteiger partial charge is 0.338 e. The van der Waals surface area contributed by atoms with Crippen LogP contribution in [0.5, 0.6) is 0 Å². The zero-order chi connectivity index (χ0) is 23.6. The Balaban J connectivity index is 1.59. The number of carbonyl (C=O) groups is 1. The molecule has 0 fully saturated rings. The molecule has 0 aliphatic rings. The molecular weight excluding hydrogens is 469 g/mol. The second kappa shape index (κ2) is 9.12. The average molecular weight is 488 g/mol. The van der Waals surface area contributed by atoms with Gasteiger partial charge in [-0.1, -0.05) is 23.4 Å². The van der Waals surface area contributed by atoms with Crippen molar-refractivity contribution in [1.82, 2.24) is 10.1 Å². The number of aryl methyl sites for hydroxylation is 1. The number of nitrogens with zero attached hydrogens (tertiary/aromatic N) is 2. The van der Waals surface area contributed by atoms with Crippen LogP contribution in [0.1, 0.15) is 22.2 Å². The predicted molar refractivity (Wildman–Crippen MR) is 121 cm³/mol. The van der Waals surface area contributed by atoms with Gasteiger partial charge in [-0.25, -0.2) is 17.6 Å². The molecule has 0 bridgehead atoms. The number of benzene rings is 2. The fourth-order valence-electron chi connectivity index (χ4n) is 3.04. The molecule has 0 radical (unpaired) electrons. The highest BCUT2D eigenvalue weighted by molar-refractivity contribution is 7.93. The monoisotopic (exact) mass is 487 g/mol. The zero-order valence-corrected chi connectivity index (χ0v) is 19.2. The van der Waals surface area contributed by atoms with Gasteiger partial charge in [0.15, 0.2) is 0 Å². The van der Waals surface area contributed by atoms with E-state index >= 15 is 0 Å². The Morgan fingerprint density at radius 2 is 1.97 bits per heavy atom. The zero-order valence-electron chi connectivity index (χ0n) is 17.5. The molecule has 0 aliphatic heterocycles. The first kappa shape index (κ1) is 22.6. The van der Waals surface area contributed by atoms with E-state index in [-0.39, 0.29) is 34.5 Å². The van der Waals surface area contributed by atoms with Crippen LogP contribution in [0.2, 0.25) is 0 Å². The molecule has 0 saturated heterocycles. The molecule has 2 heterocycles. The van der Waals surface area contributed by atoms with Crippen LogP contribution < -0.4 is 4.72 Å². The van der Waals surface area contributed by atoms with E-state index in [0.717, 1.165) is 0 Å². The van der Waals surface area contributed by atoms with E-state index in [0.29, 0.717) is 15.3 Å². The summed E-state index contributed by atoms with van der Waals surface area (Å²) in [6, 6.07) is 13.2. The van der Waals surface area contributed by atoms with Crippen molar-refractivity contribution in [1.29, 1.82) is 0 Å². The number of nitrogens with one attached hydrogen (secondary N) is 1. The van der Waals surface area contributed by atoms with E-state index in [4.69, 9.17) is 9.26 Å². The van der Waals surface area contributed by atoms with Crippen LogP contribution in [0.3, 0.4) is 0 Å². The number of rotatable bonds is 7. The van der Waals surface area contributed by atoms with Gasteiger partial charge in [0.2, 0.25) is 5.82 Å². The highest BCUT2D eigenvalue weighted by atomic mass is 32.2. The summed E-state index contributed by atoms with van der Waals surface area (Å²) in [5, 5.41) is 3.86. The molecule has 4 aromatic rings. The van der Waals surface area contributed by atoms with Gasteiger partial charge in [0.1, 0.15) is 10.7 Å². The molecule has 2 aromatic heterocycles. The number of thiophene rings is 1. The second-order valence-electron chi connectivity index (χ2n) is 6.87. The van der Waals surface area contributed by atoms with Crippen LogP contribution in [0.25, 0.3) is 22.2 Å². The molecule has 0 saturated carbocycles. The minimum Gasteiger partial charge on any atom is -0.462 e. The van der Waals surface area contributed by atoms with Crippen molar-refractivity contribution < 1.29 is 26.9 Å². The van der Waals surface area contributed by atoms with Crippen molar-refractivity contribution in [2.24, 2.45) is 0 Å². The number of carbonyl (C=O) groups excluding carboxylic acids is 1. The van der Waals surface area contributed by atoms with Gasteiger partial charge in [-0.15, -0.1) is 11.3 Å². The summed E-state index contributed by atoms with van der Waals surface area (Å²) in [4.78, 5) is 17.2. The van der Waals surface area contributed by atoms with Crippen LogP contribution >= 0.6 is 11.3 Å². The van der Waals surface area contributed by atoms with Gasteiger partial charge in [0.05, 0.1) is 17.0 Å². The first-order valence-electron chi connectivity index (χ1n) is 9.77. The molecule has 0 spiro atoms. The van der Waals surface area contributed by atoms with Crippen LogP contribution in [0.15, 0.2) is 64.0 Å². The van der Waals surface area contributed by atoms with Crippen LogP contribution in [-0.2, 0) is 14.8 Å². The van der Waals surface area contributed by atoms with Gasteiger partial charge in [0.25, 0.3) is 15.9 Å². The summed E-state index contributed by atoms with van der Waals surface area (Å²) in [5.74, 6) is -0.669. The summed E-state index contributed by atoms with van der Waals surface area (Å²) < 4.78 is 52.2. The summed E-state index contributed by atoms with van der Waals surface area (Å²) in [6.07, 6.45) is 0. The number of halogens is 1. The highest BCUT2D eigenvalue weighted by Crippen LogP contribution is 2.34. The van der Waals surface area contributed by atoms with Crippen molar-refractivity contribution in [3.05, 3.63) is 70.9 Å². The third kappa shape index (κ3) is 4.94. The molecule has 11 heteroatoms. The molecule has 33 heavy (non-hydrogen) atoms.